The number of carboxylic acid groups (broad SMARTS) is 1. The van der Waals surface area contributed by atoms with Crippen molar-refractivity contribution >= 4 is 17.7 Å². The number of rotatable bonds is 3. The minimum Gasteiger partial charge on any atom is -0.477 e. The fourth-order valence-corrected chi connectivity index (χ4v) is 2.10. The number of aromatic nitrogens is 1. The van der Waals surface area contributed by atoms with E-state index in [0.717, 1.165) is 9.79 Å². The van der Waals surface area contributed by atoms with Crippen LogP contribution in [0.2, 0.25) is 0 Å². The van der Waals surface area contributed by atoms with Gasteiger partial charge in [0.25, 0.3) is 0 Å². The van der Waals surface area contributed by atoms with E-state index in [9.17, 15) is 4.79 Å². The van der Waals surface area contributed by atoms with E-state index in [1.54, 1.807) is 24.0 Å². The standard InChI is InChI=1S/C13H11NO2S/c1-9-2-4-10(5-3-9)17-11-6-7-12(13(15)16)14-8-11/h2-8H,1H3,(H,15,16). The van der Waals surface area contributed by atoms with E-state index in [2.05, 4.69) is 4.98 Å². The molecule has 1 N–H and O–H groups in total. The molecule has 86 valence electrons. The number of carboxylic acids is 1. The SMILES string of the molecule is Cc1ccc(Sc2ccc(C(=O)O)nc2)cc1. The van der Waals surface area contributed by atoms with Crippen molar-refractivity contribution in [3.63, 3.8) is 0 Å². The zero-order valence-electron chi connectivity index (χ0n) is 9.25. The molecule has 0 spiro atoms. The van der Waals surface area contributed by atoms with Crippen molar-refractivity contribution in [3.8, 4) is 0 Å². The third-order valence-corrected chi connectivity index (χ3v) is 3.20. The summed E-state index contributed by atoms with van der Waals surface area (Å²) in [4.78, 5) is 16.6. The highest BCUT2D eigenvalue weighted by Crippen LogP contribution is 2.27. The van der Waals surface area contributed by atoms with Crippen LogP contribution < -0.4 is 0 Å². The van der Waals surface area contributed by atoms with Crippen molar-refractivity contribution < 1.29 is 9.90 Å². The van der Waals surface area contributed by atoms with E-state index in [4.69, 9.17) is 5.11 Å². The molecule has 0 amide bonds. The van der Waals surface area contributed by atoms with Gasteiger partial charge in [-0.1, -0.05) is 29.5 Å². The van der Waals surface area contributed by atoms with Crippen LogP contribution in [0.4, 0.5) is 0 Å². The predicted molar refractivity (Wildman–Crippen MR) is 66.5 cm³/mol. The van der Waals surface area contributed by atoms with E-state index < -0.39 is 5.97 Å². The first-order chi connectivity index (χ1) is 8.15. The number of hydrogen-bond acceptors (Lipinski definition) is 3. The monoisotopic (exact) mass is 245 g/mol. The molecule has 2 rings (SSSR count). The van der Waals surface area contributed by atoms with Crippen LogP contribution in [0.5, 0.6) is 0 Å². The maximum atomic E-state index is 10.6. The summed E-state index contributed by atoms with van der Waals surface area (Å²) >= 11 is 1.56. The largest absolute Gasteiger partial charge is 0.477 e. The Morgan fingerprint density at radius 1 is 1.12 bits per heavy atom. The van der Waals surface area contributed by atoms with Crippen molar-refractivity contribution in [2.24, 2.45) is 0 Å². The molecule has 0 bridgehead atoms. The summed E-state index contributed by atoms with van der Waals surface area (Å²) in [6.45, 7) is 2.04. The van der Waals surface area contributed by atoms with E-state index in [0.29, 0.717) is 0 Å². The Kier molecular flexibility index (Phi) is 3.44. The molecule has 0 saturated carbocycles. The van der Waals surface area contributed by atoms with Crippen LogP contribution in [-0.2, 0) is 0 Å². The first kappa shape index (κ1) is 11.7. The predicted octanol–water partition coefficient (Wildman–Crippen LogP) is 3.24. The lowest BCUT2D eigenvalue weighted by Gasteiger charge is -2.02. The summed E-state index contributed by atoms with van der Waals surface area (Å²) in [6.07, 6.45) is 1.58. The van der Waals surface area contributed by atoms with Gasteiger partial charge in [-0.2, -0.15) is 0 Å². The fraction of sp³-hybridized carbons (Fsp3) is 0.0769. The molecular weight excluding hydrogens is 234 g/mol. The summed E-state index contributed by atoms with van der Waals surface area (Å²) < 4.78 is 0. The van der Waals surface area contributed by atoms with Gasteiger partial charge in [0.2, 0.25) is 0 Å². The molecule has 0 unspecified atom stereocenters. The highest BCUT2D eigenvalue weighted by atomic mass is 32.2. The van der Waals surface area contributed by atoms with Gasteiger partial charge in [-0.25, -0.2) is 9.78 Å². The summed E-state index contributed by atoms with van der Waals surface area (Å²) in [6, 6.07) is 11.4. The average Bonchev–Trinajstić information content (AvgIpc) is 2.33. The van der Waals surface area contributed by atoms with Crippen LogP contribution in [0.1, 0.15) is 16.1 Å². The molecule has 0 aliphatic rings. The Morgan fingerprint density at radius 3 is 2.29 bits per heavy atom. The molecule has 0 radical (unpaired) electrons. The van der Waals surface area contributed by atoms with Crippen molar-refractivity contribution in [1.82, 2.24) is 4.98 Å². The molecule has 0 fully saturated rings. The van der Waals surface area contributed by atoms with Gasteiger partial charge in [-0.3, -0.25) is 0 Å². The maximum absolute atomic E-state index is 10.6. The minimum atomic E-state index is -1.00. The summed E-state index contributed by atoms with van der Waals surface area (Å²) in [5.41, 5.74) is 1.28. The molecular formula is C13H11NO2S. The number of benzene rings is 1. The average molecular weight is 245 g/mol. The van der Waals surface area contributed by atoms with Crippen LogP contribution in [0, 0.1) is 6.92 Å². The van der Waals surface area contributed by atoms with Gasteiger partial charge < -0.3 is 5.11 Å². The molecule has 1 heterocycles. The van der Waals surface area contributed by atoms with Crippen molar-refractivity contribution in [3.05, 3.63) is 53.9 Å². The Bertz CT molecular complexity index is 520. The second-order valence-corrected chi connectivity index (χ2v) is 4.75. The molecule has 0 aliphatic carbocycles. The van der Waals surface area contributed by atoms with Crippen LogP contribution in [0.3, 0.4) is 0 Å². The highest BCUT2D eigenvalue weighted by molar-refractivity contribution is 7.99. The van der Waals surface area contributed by atoms with Crippen LogP contribution in [0.25, 0.3) is 0 Å². The molecule has 1 aromatic carbocycles. The Hall–Kier alpha value is -1.81. The summed E-state index contributed by atoms with van der Waals surface area (Å²) in [5.74, 6) is -1.00. The Balaban J connectivity index is 2.13. The van der Waals surface area contributed by atoms with Crippen molar-refractivity contribution in [2.75, 3.05) is 0 Å². The van der Waals surface area contributed by atoms with Crippen LogP contribution in [-0.4, -0.2) is 16.1 Å². The van der Waals surface area contributed by atoms with Crippen molar-refractivity contribution in [2.45, 2.75) is 16.7 Å². The lowest BCUT2D eigenvalue weighted by Crippen LogP contribution is -1.98. The quantitative estimate of drug-likeness (QED) is 0.901. The molecule has 0 saturated heterocycles. The normalized spacial score (nSPS) is 10.2. The third kappa shape index (κ3) is 3.07. The number of aryl methyl sites for hydroxylation is 1. The molecule has 1 aromatic heterocycles. The second-order valence-electron chi connectivity index (χ2n) is 3.60. The van der Waals surface area contributed by atoms with E-state index in [1.807, 2.05) is 31.2 Å². The van der Waals surface area contributed by atoms with Gasteiger partial charge in [0, 0.05) is 16.0 Å². The van der Waals surface area contributed by atoms with Gasteiger partial charge in [-0.15, -0.1) is 0 Å². The highest BCUT2D eigenvalue weighted by Gasteiger charge is 2.04. The van der Waals surface area contributed by atoms with Gasteiger partial charge in [0.1, 0.15) is 5.69 Å². The Labute approximate surface area is 104 Å². The van der Waals surface area contributed by atoms with Crippen LogP contribution >= 0.6 is 11.8 Å². The molecule has 3 nitrogen and oxygen atoms in total. The Morgan fingerprint density at radius 2 is 1.76 bits per heavy atom. The lowest BCUT2D eigenvalue weighted by atomic mass is 10.2. The zero-order chi connectivity index (χ0) is 12.3. The van der Waals surface area contributed by atoms with Gasteiger partial charge in [-0.05, 0) is 31.2 Å². The number of aromatic carboxylic acids is 1. The smallest absolute Gasteiger partial charge is 0.354 e. The number of pyridine rings is 1. The number of carbonyl (C=O) groups is 1. The number of nitrogens with zero attached hydrogens (tertiary/aromatic N) is 1. The molecule has 17 heavy (non-hydrogen) atoms. The van der Waals surface area contributed by atoms with Gasteiger partial charge in [0.05, 0.1) is 0 Å². The van der Waals surface area contributed by atoms with Gasteiger partial charge >= 0.3 is 5.97 Å². The van der Waals surface area contributed by atoms with Crippen molar-refractivity contribution in [1.29, 1.82) is 0 Å². The van der Waals surface area contributed by atoms with E-state index in [1.165, 1.54) is 11.6 Å². The summed E-state index contributed by atoms with van der Waals surface area (Å²) in [7, 11) is 0. The second kappa shape index (κ2) is 5.01. The molecule has 0 atom stereocenters. The third-order valence-electron chi connectivity index (χ3n) is 2.21. The number of hydrogen-bond donors (Lipinski definition) is 1. The maximum Gasteiger partial charge on any atom is 0.354 e. The summed E-state index contributed by atoms with van der Waals surface area (Å²) in [5, 5.41) is 8.73. The molecule has 4 heteroatoms. The van der Waals surface area contributed by atoms with E-state index in [-0.39, 0.29) is 5.69 Å². The lowest BCUT2D eigenvalue weighted by molar-refractivity contribution is 0.0690. The first-order valence-electron chi connectivity index (χ1n) is 5.09. The van der Waals surface area contributed by atoms with Crippen LogP contribution in [0.15, 0.2) is 52.4 Å². The van der Waals surface area contributed by atoms with E-state index >= 15 is 0 Å². The topological polar surface area (TPSA) is 50.2 Å². The first-order valence-corrected chi connectivity index (χ1v) is 5.91. The minimum absolute atomic E-state index is 0.0678. The molecule has 2 aromatic rings. The zero-order valence-corrected chi connectivity index (χ0v) is 10.1. The molecule has 0 aliphatic heterocycles. The van der Waals surface area contributed by atoms with Gasteiger partial charge in [0.15, 0.2) is 0 Å². The fourth-order valence-electron chi connectivity index (χ4n) is 1.31.